The minimum Gasteiger partial charge on any atom is -0.457 e. The van der Waals surface area contributed by atoms with Crippen molar-refractivity contribution in [2.45, 2.75) is 12.5 Å². The first-order valence-corrected chi connectivity index (χ1v) is 5.99. The van der Waals surface area contributed by atoms with Crippen LogP contribution in [0.25, 0.3) is 0 Å². The maximum atomic E-state index is 6.04. The van der Waals surface area contributed by atoms with Crippen molar-refractivity contribution in [1.82, 2.24) is 0 Å². The number of nitrogens with two attached hydrogens (primary N) is 1. The number of hydrogen-bond donors (Lipinski definition) is 1. The quantitative estimate of drug-likeness (QED) is 0.817. The van der Waals surface area contributed by atoms with Crippen LogP contribution in [0.5, 0.6) is 11.5 Å². The summed E-state index contributed by atoms with van der Waals surface area (Å²) in [4.78, 5) is 0. The van der Waals surface area contributed by atoms with Gasteiger partial charge in [0, 0.05) is 6.04 Å². The van der Waals surface area contributed by atoms with E-state index in [2.05, 4.69) is 6.58 Å². The molecule has 2 aromatic carbocycles. The van der Waals surface area contributed by atoms with Crippen molar-refractivity contribution < 1.29 is 4.74 Å². The maximum Gasteiger partial charge on any atom is 0.127 e. The maximum absolute atomic E-state index is 6.04. The van der Waals surface area contributed by atoms with Crippen LogP contribution in [0.15, 0.2) is 67.3 Å². The van der Waals surface area contributed by atoms with E-state index >= 15 is 0 Å². The molecular formula is C16H18ClNO. The zero-order chi connectivity index (χ0) is 12.8. The largest absolute Gasteiger partial charge is 0.457 e. The summed E-state index contributed by atoms with van der Waals surface area (Å²) in [6.07, 6.45) is 2.59. The van der Waals surface area contributed by atoms with Gasteiger partial charge in [-0.2, -0.15) is 0 Å². The fourth-order valence-electron chi connectivity index (χ4n) is 1.75. The highest BCUT2D eigenvalue weighted by atomic mass is 35.5. The first kappa shape index (κ1) is 15.3. The first-order valence-electron chi connectivity index (χ1n) is 5.99. The van der Waals surface area contributed by atoms with E-state index < -0.39 is 0 Å². The molecule has 2 nitrogen and oxygen atoms in total. The Hall–Kier alpha value is -1.77. The second-order valence-corrected chi connectivity index (χ2v) is 4.12. The van der Waals surface area contributed by atoms with Crippen LogP contribution in [0.2, 0.25) is 0 Å². The molecule has 2 rings (SSSR count). The molecule has 3 heteroatoms. The minimum absolute atomic E-state index is 0. The van der Waals surface area contributed by atoms with Gasteiger partial charge in [0.25, 0.3) is 0 Å². The summed E-state index contributed by atoms with van der Waals surface area (Å²) in [7, 11) is 0. The molecule has 2 N–H and O–H groups in total. The molecule has 100 valence electrons. The Kier molecular flexibility index (Phi) is 6.13. The average molecular weight is 276 g/mol. The lowest BCUT2D eigenvalue weighted by molar-refractivity contribution is 0.481. The van der Waals surface area contributed by atoms with Gasteiger partial charge in [0.1, 0.15) is 11.5 Å². The molecule has 0 amide bonds. The molecule has 0 radical (unpaired) electrons. The molecule has 0 saturated carbocycles. The zero-order valence-corrected chi connectivity index (χ0v) is 11.5. The van der Waals surface area contributed by atoms with Crippen LogP contribution >= 0.6 is 12.4 Å². The van der Waals surface area contributed by atoms with Crippen molar-refractivity contribution in [3.63, 3.8) is 0 Å². The molecule has 1 atom stereocenters. The van der Waals surface area contributed by atoms with E-state index in [1.807, 2.05) is 60.7 Å². The van der Waals surface area contributed by atoms with Crippen molar-refractivity contribution in [3.05, 3.63) is 72.8 Å². The molecule has 0 aromatic heterocycles. The zero-order valence-electron chi connectivity index (χ0n) is 10.7. The van der Waals surface area contributed by atoms with Crippen LogP contribution < -0.4 is 10.5 Å². The van der Waals surface area contributed by atoms with Crippen LogP contribution in [0.1, 0.15) is 18.0 Å². The first-order chi connectivity index (χ1) is 8.79. The lowest BCUT2D eigenvalue weighted by Crippen LogP contribution is -2.08. The van der Waals surface area contributed by atoms with E-state index in [9.17, 15) is 0 Å². The predicted molar refractivity (Wildman–Crippen MR) is 81.9 cm³/mol. The number of benzene rings is 2. The highest BCUT2D eigenvalue weighted by Gasteiger charge is 2.05. The lowest BCUT2D eigenvalue weighted by Gasteiger charge is -2.11. The third-order valence-electron chi connectivity index (χ3n) is 2.69. The molecule has 19 heavy (non-hydrogen) atoms. The van der Waals surface area contributed by atoms with Gasteiger partial charge in [0.05, 0.1) is 0 Å². The van der Waals surface area contributed by atoms with Gasteiger partial charge in [-0.25, -0.2) is 0 Å². The highest BCUT2D eigenvalue weighted by Crippen LogP contribution is 2.24. The molecule has 0 aliphatic heterocycles. The fourth-order valence-corrected chi connectivity index (χ4v) is 1.75. The van der Waals surface area contributed by atoms with E-state index in [0.29, 0.717) is 0 Å². The standard InChI is InChI=1S/C16H17NO.ClH/c1-2-7-16(17)13-8-6-11-15(12-13)18-14-9-4-3-5-10-14;/h2-6,8-12,16H,1,7,17H2;1H/t16-;/m0./s1. The molecule has 0 bridgehead atoms. The van der Waals surface area contributed by atoms with Crippen LogP contribution in [-0.2, 0) is 0 Å². The highest BCUT2D eigenvalue weighted by molar-refractivity contribution is 5.85. The van der Waals surface area contributed by atoms with Gasteiger partial charge in [0.15, 0.2) is 0 Å². The Labute approximate surface area is 120 Å². The van der Waals surface area contributed by atoms with Gasteiger partial charge in [0.2, 0.25) is 0 Å². The second-order valence-electron chi connectivity index (χ2n) is 4.12. The van der Waals surface area contributed by atoms with Gasteiger partial charge < -0.3 is 10.5 Å². The van der Waals surface area contributed by atoms with E-state index in [1.165, 1.54) is 0 Å². The van der Waals surface area contributed by atoms with Crippen molar-refractivity contribution in [2.24, 2.45) is 5.73 Å². The molecule has 2 aromatic rings. The fraction of sp³-hybridized carbons (Fsp3) is 0.125. The van der Waals surface area contributed by atoms with Gasteiger partial charge in [-0.3, -0.25) is 0 Å². The number of hydrogen-bond acceptors (Lipinski definition) is 2. The smallest absolute Gasteiger partial charge is 0.127 e. The molecular weight excluding hydrogens is 258 g/mol. The summed E-state index contributed by atoms with van der Waals surface area (Å²) < 4.78 is 5.77. The summed E-state index contributed by atoms with van der Waals surface area (Å²) in [5, 5.41) is 0. The summed E-state index contributed by atoms with van der Waals surface area (Å²) >= 11 is 0. The number of ether oxygens (including phenoxy) is 1. The van der Waals surface area contributed by atoms with Crippen LogP contribution in [0, 0.1) is 0 Å². The van der Waals surface area contributed by atoms with Crippen molar-refractivity contribution in [1.29, 1.82) is 0 Å². The molecule has 0 fully saturated rings. The molecule has 0 aliphatic rings. The topological polar surface area (TPSA) is 35.2 Å². The van der Waals surface area contributed by atoms with Crippen LogP contribution in [0.3, 0.4) is 0 Å². The predicted octanol–water partition coefficient (Wildman–Crippen LogP) is 4.48. The third-order valence-corrected chi connectivity index (χ3v) is 2.69. The van der Waals surface area contributed by atoms with Gasteiger partial charge in [-0.1, -0.05) is 36.4 Å². The molecule has 0 saturated heterocycles. The average Bonchev–Trinajstić information content (AvgIpc) is 2.40. The monoisotopic (exact) mass is 275 g/mol. The minimum atomic E-state index is -0.0261. The number of rotatable bonds is 5. The van der Waals surface area contributed by atoms with Gasteiger partial charge >= 0.3 is 0 Å². The van der Waals surface area contributed by atoms with Crippen LogP contribution in [-0.4, -0.2) is 0 Å². The van der Waals surface area contributed by atoms with Gasteiger partial charge in [-0.15, -0.1) is 19.0 Å². The summed E-state index contributed by atoms with van der Waals surface area (Å²) in [5.74, 6) is 1.63. The SMILES string of the molecule is C=CC[C@H](N)c1cccc(Oc2ccccc2)c1.Cl. The Bertz CT molecular complexity index is 513. The third kappa shape index (κ3) is 4.43. The number of halogens is 1. The Morgan fingerprint density at radius 3 is 2.42 bits per heavy atom. The summed E-state index contributed by atoms with van der Waals surface area (Å²) in [6, 6.07) is 17.5. The summed E-state index contributed by atoms with van der Waals surface area (Å²) in [6.45, 7) is 3.71. The Morgan fingerprint density at radius 1 is 1.05 bits per heavy atom. The Morgan fingerprint density at radius 2 is 1.74 bits per heavy atom. The molecule has 0 heterocycles. The normalized spacial score (nSPS) is 11.2. The van der Waals surface area contributed by atoms with Crippen LogP contribution in [0.4, 0.5) is 0 Å². The van der Waals surface area contributed by atoms with Gasteiger partial charge in [-0.05, 0) is 36.2 Å². The summed E-state index contributed by atoms with van der Waals surface area (Å²) in [5.41, 5.74) is 7.10. The van der Waals surface area contributed by atoms with Crippen molar-refractivity contribution in [3.8, 4) is 11.5 Å². The second kappa shape index (κ2) is 7.62. The van der Waals surface area contributed by atoms with E-state index in [4.69, 9.17) is 10.5 Å². The van der Waals surface area contributed by atoms with E-state index in [-0.39, 0.29) is 18.4 Å². The lowest BCUT2D eigenvalue weighted by atomic mass is 10.0. The number of para-hydroxylation sites is 1. The molecule has 0 spiro atoms. The molecule has 0 aliphatic carbocycles. The van der Waals surface area contributed by atoms with Crippen molar-refractivity contribution in [2.75, 3.05) is 0 Å². The Balaban J connectivity index is 0.00000180. The van der Waals surface area contributed by atoms with E-state index in [0.717, 1.165) is 23.5 Å². The molecule has 0 unspecified atom stereocenters. The van der Waals surface area contributed by atoms with Crippen molar-refractivity contribution >= 4 is 12.4 Å². The van der Waals surface area contributed by atoms with E-state index in [1.54, 1.807) is 0 Å².